The largest absolute Gasteiger partial charge is 0.486 e. The molecule has 0 bridgehead atoms. The van der Waals surface area contributed by atoms with Crippen molar-refractivity contribution in [1.29, 1.82) is 0 Å². The quantitative estimate of drug-likeness (QED) is 0.426. The van der Waals surface area contributed by atoms with Crippen molar-refractivity contribution in [2.24, 2.45) is 5.92 Å². The lowest BCUT2D eigenvalue weighted by atomic mass is 9.77. The molecule has 0 heterocycles. The Morgan fingerprint density at radius 2 is 1.59 bits per heavy atom. The minimum absolute atomic E-state index is 0.117. The summed E-state index contributed by atoms with van der Waals surface area (Å²) < 4.78 is 38.7. The summed E-state index contributed by atoms with van der Waals surface area (Å²) in [4.78, 5) is 0. The summed E-state index contributed by atoms with van der Waals surface area (Å²) in [5, 5.41) is 0. The highest BCUT2D eigenvalue weighted by Gasteiger charge is 2.21. The van der Waals surface area contributed by atoms with E-state index in [0.29, 0.717) is 5.92 Å². The van der Waals surface area contributed by atoms with Gasteiger partial charge in [-0.3, -0.25) is 0 Å². The first-order valence-corrected chi connectivity index (χ1v) is 10.6. The van der Waals surface area contributed by atoms with Gasteiger partial charge in [-0.15, -0.1) is 0 Å². The summed E-state index contributed by atoms with van der Waals surface area (Å²) in [6.45, 7) is 4.18. The van der Waals surface area contributed by atoms with E-state index in [1.54, 1.807) is 13.0 Å². The molecule has 0 aliphatic heterocycles. The Bertz CT molecular complexity index is 806. The van der Waals surface area contributed by atoms with Gasteiger partial charge in [-0.05, 0) is 67.7 Å². The fourth-order valence-electron chi connectivity index (χ4n) is 4.10. The van der Waals surface area contributed by atoms with Crippen molar-refractivity contribution < 1.29 is 18.3 Å². The van der Waals surface area contributed by atoms with Crippen LogP contribution < -0.4 is 9.47 Å². The summed E-state index contributed by atoms with van der Waals surface area (Å²) in [5.74, 6) is -0.829. The molecule has 0 radical (unpaired) electrons. The van der Waals surface area contributed by atoms with Crippen molar-refractivity contribution in [2.75, 3.05) is 0 Å². The van der Waals surface area contributed by atoms with Gasteiger partial charge in [0.1, 0.15) is 6.61 Å². The fraction of sp³-hybridized carbons (Fsp3) is 0.440. The van der Waals surface area contributed by atoms with Crippen LogP contribution in [-0.2, 0) is 6.61 Å². The van der Waals surface area contributed by atoms with Gasteiger partial charge in [0.25, 0.3) is 0 Å². The summed E-state index contributed by atoms with van der Waals surface area (Å²) in [6, 6.07) is 11.1. The van der Waals surface area contributed by atoms with Crippen LogP contribution in [0.2, 0.25) is 0 Å². The molecule has 1 fully saturated rings. The Kier molecular flexibility index (Phi) is 7.68. The fourth-order valence-corrected chi connectivity index (χ4v) is 4.10. The first kappa shape index (κ1) is 21.4. The third-order valence-electron chi connectivity index (χ3n) is 5.73. The van der Waals surface area contributed by atoms with Gasteiger partial charge in [0.2, 0.25) is 11.6 Å². The first-order chi connectivity index (χ1) is 14.1. The van der Waals surface area contributed by atoms with E-state index < -0.39 is 11.6 Å². The number of hydrogen-bond acceptors (Lipinski definition) is 2. The number of halogens is 2. The number of rotatable bonds is 8. The summed E-state index contributed by atoms with van der Waals surface area (Å²) in [6.07, 6.45) is 10.7. The van der Waals surface area contributed by atoms with Crippen LogP contribution in [0.15, 0.2) is 48.7 Å². The molecule has 0 spiro atoms. The van der Waals surface area contributed by atoms with E-state index in [0.717, 1.165) is 11.5 Å². The van der Waals surface area contributed by atoms with Crippen LogP contribution in [0.1, 0.15) is 69.4 Å². The zero-order valence-corrected chi connectivity index (χ0v) is 17.3. The maximum Gasteiger partial charge on any atom is 0.205 e. The van der Waals surface area contributed by atoms with Crippen LogP contribution in [0, 0.1) is 17.6 Å². The van der Waals surface area contributed by atoms with Crippen molar-refractivity contribution >= 4 is 0 Å². The Labute approximate surface area is 172 Å². The van der Waals surface area contributed by atoms with Crippen molar-refractivity contribution in [2.45, 2.75) is 64.9 Å². The highest BCUT2D eigenvalue weighted by molar-refractivity contribution is 5.35. The van der Waals surface area contributed by atoms with E-state index >= 15 is 0 Å². The number of benzene rings is 2. The third kappa shape index (κ3) is 5.59. The molecule has 1 saturated carbocycles. The van der Waals surface area contributed by atoms with Crippen molar-refractivity contribution in [3.63, 3.8) is 0 Å². The lowest BCUT2D eigenvalue weighted by Crippen LogP contribution is -2.13. The minimum atomic E-state index is -1.05. The normalized spacial score (nSPS) is 19.4. The molecule has 0 N–H and O–H groups in total. The SMILES string of the molecule is C/C=C/Oc1ccc(OCc2ccc(C3CCC(CCC)CC3)cc2)c(F)c1F. The molecule has 1 aliphatic rings. The average Bonchev–Trinajstić information content (AvgIpc) is 2.75. The molecule has 0 amide bonds. The van der Waals surface area contributed by atoms with Gasteiger partial charge in [0, 0.05) is 0 Å². The molecule has 0 aromatic heterocycles. The van der Waals surface area contributed by atoms with Gasteiger partial charge in [-0.25, -0.2) is 0 Å². The van der Waals surface area contributed by atoms with Crippen molar-refractivity contribution in [1.82, 2.24) is 0 Å². The minimum Gasteiger partial charge on any atom is -0.486 e. The summed E-state index contributed by atoms with van der Waals surface area (Å²) >= 11 is 0. The van der Waals surface area contributed by atoms with Crippen LogP contribution in [0.25, 0.3) is 0 Å². The van der Waals surface area contributed by atoms with E-state index in [4.69, 9.17) is 9.47 Å². The molecule has 29 heavy (non-hydrogen) atoms. The molecule has 0 unspecified atom stereocenters. The van der Waals surface area contributed by atoms with E-state index in [1.165, 1.54) is 62.5 Å². The van der Waals surface area contributed by atoms with E-state index in [9.17, 15) is 8.78 Å². The molecule has 0 saturated heterocycles. The lowest BCUT2D eigenvalue weighted by Gasteiger charge is -2.28. The number of allylic oxidation sites excluding steroid dienone is 1. The Morgan fingerprint density at radius 3 is 2.24 bits per heavy atom. The second-order valence-corrected chi connectivity index (χ2v) is 7.81. The van der Waals surface area contributed by atoms with E-state index in [1.807, 2.05) is 12.1 Å². The molecule has 156 valence electrons. The summed E-state index contributed by atoms with van der Waals surface area (Å²) in [7, 11) is 0. The zero-order valence-electron chi connectivity index (χ0n) is 17.3. The van der Waals surface area contributed by atoms with Gasteiger partial charge in [-0.2, -0.15) is 8.78 Å². The lowest BCUT2D eigenvalue weighted by molar-refractivity contribution is 0.281. The number of hydrogen-bond donors (Lipinski definition) is 0. The first-order valence-electron chi connectivity index (χ1n) is 10.6. The van der Waals surface area contributed by atoms with E-state index in [-0.39, 0.29) is 18.1 Å². The zero-order chi connectivity index (χ0) is 20.6. The van der Waals surface area contributed by atoms with Crippen LogP contribution in [0.4, 0.5) is 8.78 Å². The molecule has 0 atom stereocenters. The van der Waals surface area contributed by atoms with Gasteiger partial charge in [-0.1, -0.05) is 50.1 Å². The predicted octanol–water partition coefficient (Wildman–Crippen LogP) is 7.53. The molecule has 2 aromatic rings. The average molecular weight is 401 g/mol. The van der Waals surface area contributed by atoms with Crippen LogP contribution >= 0.6 is 0 Å². The topological polar surface area (TPSA) is 18.5 Å². The standard InChI is InChI=1S/C25H30F2O2/c1-3-5-18-6-10-20(11-7-18)21-12-8-19(9-13-21)17-29-23-15-14-22(28-16-4-2)24(26)25(23)27/h4,8-9,12-16,18,20H,3,5-7,10-11,17H2,1-2H3/b16-4+. The smallest absolute Gasteiger partial charge is 0.205 e. The van der Waals surface area contributed by atoms with Gasteiger partial charge in [0.05, 0.1) is 6.26 Å². The Balaban J connectivity index is 1.56. The second kappa shape index (κ2) is 10.4. The molecule has 4 heteroatoms. The maximum atomic E-state index is 14.2. The van der Waals surface area contributed by atoms with E-state index in [2.05, 4.69) is 19.1 Å². The van der Waals surface area contributed by atoms with Crippen LogP contribution in [0.3, 0.4) is 0 Å². The molecular formula is C25H30F2O2. The van der Waals surface area contributed by atoms with Gasteiger partial charge in [0.15, 0.2) is 11.5 Å². The molecule has 1 aliphatic carbocycles. The highest BCUT2D eigenvalue weighted by atomic mass is 19.2. The monoisotopic (exact) mass is 400 g/mol. The van der Waals surface area contributed by atoms with Gasteiger partial charge < -0.3 is 9.47 Å². The third-order valence-corrected chi connectivity index (χ3v) is 5.73. The Morgan fingerprint density at radius 1 is 0.931 bits per heavy atom. The van der Waals surface area contributed by atoms with Crippen LogP contribution in [0.5, 0.6) is 11.5 Å². The van der Waals surface area contributed by atoms with Crippen LogP contribution in [-0.4, -0.2) is 0 Å². The maximum absolute atomic E-state index is 14.2. The van der Waals surface area contributed by atoms with Gasteiger partial charge >= 0.3 is 0 Å². The predicted molar refractivity (Wildman–Crippen MR) is 112 cm³/mol. The second-order valence-electron chi connectivity index (χ2n) is 7.81. The molecule has 2 aromatic carbocycles. The van der Waals surface area contributed by atoms with Crippen molar-refractivity contribution in [3.05, 3.63) is 71.5 Å². The molecule has 3 rings (SSSR count). The molecular weight excluding hydrogens is 370 g/mol. The number of ether oxygens (including phenoxy) is 2. The summed E-state index contributed by atoms with van der Waals surface area (Å²) in [5.41, 5.74) is 2.30. The Hall–Kier alpha value is -2.36. The highest BCUT2D eigenvalue weighted by Crippen LogP contribution is 2.37. The molecule has 2 nitrogen and oxygen atoms in total. The van der Waals surface area contributed by atoms with Crippen molar-refractivity contribution in [3.8, 4) is 11.5 Å².